The number of unbranched alkanes of at least 4 members (excludes halogenated alkanes) is 2. The first-order valence-electron chi connectivity index (χ1n) is 5.72. The molecule has 0 saturated carbocycles. The molecule has 0 spiro atoms. The van der Waals surface area contributed by atoms with Crippen molar-refractivity contribution in [1.29, 1.82) is 0 Å². The molecule has 0 atom stereocenters. The number of aliphatic hydroxyl groups is 1. The Bertz CT molecular complexity index is 310. The van der Waals surface area contributed by atoms with E-state index in [4.69, 9.17) is 14.6 Å². The van der Waals surface area contributed by atoms with E-state index in [1.165, 1.54) is 12.8 Å². The predicted octanol–water partition coefficient (Wildman–Crippen LogP) is 2.76. The number of ether oxygens (including phenoxy) is 2. The zero-order valence-corrected chi connectivity index (χ0v) is 10.0. The van der Waals surface area contributed by atoms with Gasteiger partial charge in [-0.15, -0.1) is 0 Å². The Morgan fingerprint density at radius 3 is 2.62 bits per heavy atom. The van der Waals surface area contributed by atoms with Crippen LogP contribution in [0.3, 0.4) is 0 Å². The number of hydrogen-bond acceptors (Lipinski definition) is 3. The minimum atomic E-state index is 0.0203. The molecule has 0 bridgehead atoms. The summed E-state index contributed by atoms with van der Waals surface area (Å²) in [7, 11) is 1.61. The third kappa shape index (κ3) is 3.74. The highest BCUT2D eigenvalue weighted by molar-refractivity contribution is 5.42. The van der Waals surface area contributed by atoms with Crippen LogP contribution in [-0.4, -0.2) is 18.8 Å². The average molecular weight is 224 g/mol. The van der Waals surface area contributed by atoms with Crippen molar-refractivity contribution in [2.75, 3.05) is 13.7 Å². The van der Waals surface area contributed by atoms with E-state index in [1.807, 2.05) is 12.1 Å². The molecule has 0 aliphatic carbocycles. The van der Waals surface area contributed by atoms with Crippen molar-refractivity contribution in [2.24, 2.45) is 0 Å². The quantitative estimate of drug-likeness (QED) is 0.724. The molecule has 3 nitrogen and oxygen atoms in total. The number of hydrogen-bond donors (Lipinski definition) is 1. The van der Waals surface area contributed by atoms with Gasteiger partial charge in [-0.1, -0.05) is 25.8 Å². The van der Waals surface area contributed by atoms with Crippen LogP contribution in [0.15, 0.2) is 18.2 Å². The van der Waals surface area contributed by atoms with Crippen molar-refractivity contribution in [3.8, 4) is 11.5 Å². The molecule has 0 saturated heterocycles. The first kappa shape index (κ1) is 12.8. The van der Waals surface area contributed by atoms with Crippen LogP contribution in [0.4, 0.5) is 0 Å². The molecule has 1 aromatic carbocycles. The number of benzene rings is 1. The summed E-state index contributed by atoms with van der Waals surface area (Å²) in [6.07, 6.45) is 3.42. The molecular weight excluding hydrogens is 204 g/mol. The molecule has 90 valence electrons. The van der Waals surface area contributed by atoms with Crippen molar-refractivity contribution in [3.63, 3.8) is 0 Å². The van der Waals surface area contributed by atoms with Crippen LogP contribution in [-0.2, 0) is 6.61 Å². The second-order valence-corrected chi connectivity index (χ2v) is 3.70. The van der Waals surface area contributed by atoms with E-state index in [2.05, 4.69) is 6.92 Å². The molecule has 0 unspecified atom stereocenters. The van der Waals surface area contributed by atoms with Crippen LogP contribution in [0.2, 0.25) is 0 Å². The molecule has 0 fully saturated rings. The molecular formula is C13H20O3. The summed E-state index contributed by atoms with van der Waals surface area (Å²) in [5.74, 6) is 1.43. The van der Waals surface area contributed by atoms with Crippen molar-refractivity contribution < 1.29 is 14.6 Å². The molecule has 3 heteroatoms. The third-order valence-corrected chi connectivity index (χ3v) is 2.42. The lowest BCUT2D eigenvalue weighted by Crippen LogP contribution is -1.99. The first-order valence-corrected chi connectivity index (χ1v) is 5.72. The van der Waals surface area contributed by atoms with Gasteiger partial charge in [0, 0.05) is 0 Å². The lowest BCUT2D eigenvalue weighted by Gasteiger charge is -2.11. The van der Waals surface area contributed by atoms with Gasteiger partial charge < -0.3 is 14.6 Å². The summed E-state index contributed by atoms with van der Waals surface area (Å²) in [6, 6.07) is 5.49. The lowest BCUT2D eigenvalue weighted by atomic mass is 10.2. The number of rotatable bonds is 7. The number of methoxy groups -OCH3 is 1. The fraction of sp³-hybridized carbons (Fsp3) is 0.538. The van der Waals surface area contributed by atoms with Gasteiger partial charge in [-0.3, -0.25) is 0 Å². The van der Waals surface area contributed by atoms with Crippen LogP contribution in [0.5, 0.6) is 11.5 Å². The molecule has 0 heterocycles. The Balaban J connectivity index is 2.57. The van der Waals surface area contributed by atoms with Crippen molar-refractivity contribution in [2.45, 2.75) is 32.8 Å². The van der Waals surface area contributed by atoms with Gasteiger partial charge in [-0.05, 0) is 24.1 Å². The molecule has 1 rings (SSSR count). The SMILES string of the molecule is CCCCCOc1ccc(CO)cc1OC. The topological polar surface area (TPSA) is 38.7 Å². The van der Waals surface area contributed by atoms with E-state index in [0.717, 1.165) is 17.7 Å². The summed E-state index contributed by atoms with van der Waals surface area (Å²) in [5.41, 5.74) is 0.831. The van der Waals surface area contributed by atoms with Crippen LogP contribution in [0.25, 0.3) is 0 Å². The zero-order valence-electron chi connectivity index (χ0n) is 10.0. The normalized spacial score (nSPS) is 10.2. The van der Waals surface area contributed by atoms with Crippen molar-refractivity contribution >= 4 is 0 Å². The molecule has 0 amide bonds. The van der Waals surface area contributed by atoms with Crippen molar-refractivity contribution in [3.05, 3.63) is 23.8 Å². The molecule has 16 heavy (non-hydrogen) atoms. The smallest absolute Gasteiger partial charge is 0.161 e. The summed E-state index contributed by atoms with van der Waals surface area (Å²) in [6.45, 7) is 2.89. The summed E-state index contributed by atoms with van der Waals surface area (Å²) in [4.78, 5) is 0. The summed E-state index contributed by atoms with van der Waals surface area (Å²) < 4.78 is 10.8. The van der Waals surface area contributed by atoms with Crippen molar-refractivity contribution in [1.82, 2.24) is 0 Å². The third-order valence-electron chi connectivity index (χ3n) is 2.42. The van der Waals surface area contributed by atoms with E-state index < -0.39 is 0 Å². The van der Waals surface area contributed by atoms with Gasteiger partial charge in [0.05, 0.1) is 20.3 Å². The van der Waals surface area contributed by atoms with Crippen LogP contribution in [0.1, 0.15) is 31.7 Å². The predicted molar refractivity (Wildman–Crippen MR) is 63.9 cm³/mol. The molecule has 0 aromatic heterocycles. The highest BCUT2D eigenvalue weighted by Crippen LogP contribution is 2.28. The minimum Gasteiger partial charge on any atom is -0.493 e. The lowest BCUT2D eigenvalue weighted by molar-refractivity contribution is 0.275. The van der Waals surface area contributed by atoms with Gasteiger partial charge in [0.25, 0.3) is 0 Å². The Morgan fingerprint density at radius 2 is 2.00 bits per heavy atom. The fourth-order valence-electron chi connectivity index (χ4n) is 1.46. The average Bonchev–Trinajstić information content (AvgIpc) is 2.34. The van der Waals surface area contributed by atoms with Gasteiger partial charge in [-0.2, -0.15) is 0 Å². The highest BCUT2D eigenvalue weighted by atomic mass is 16.5. The number of aliphatic hydroxyl groups excluding tert-OH is 1. The Kier molecular flexibility index (Phi) is 5.72. The maximum Gasteiger partial charge on any atom is 0.161 e. The minimum absolute atomic E-state index is 0.0203. The van der Waals surface area contributed by atoms with E-state index in [9.17, 15) is 0 Å². The Morgan fingerprint density at radius 1 is 1.19 bits per heavy atom. The highest BCUT2D eigenvalue weighted by Gasteiger charge is 2.04. The summed E-state index contributed by atoms with van der Waals surface area (Å²) in [5, 5.41) is 9.00. The standard InChI is InChI=1S/C13H20O3/c1-3-4-5-8-16-12-7-6-11(10-14)9-13(12)15-2/h6-7,9,14H,3-5,8,10H2,1-2H3. The van der Waals surface area contributed by atoms with E-state index in [-0.39, 0.29) is 6.61 Å². The second kappa shape index (κ2) is 7.12. The molecule has 0 aliphatic heterocycles. The van der Waals surface area contributed by atoms with E-state index in [0.29, 0.717) is 12.4 Å². The maximum atomic E-state index is 9.00. The zero-order chi connectivity index (χ0) is 11.8. The molecule has 1 aromatic rings. The van der Waals surface area contributed by atoms with Crippen LogP contribution >= 0.6 is 0 Å². The second-order valence-electron chi connectivity index (χ2n) is 3.70. The maximum absolute atomic E-state index is 9.00. The van der Waals surface area contributed by atoms with Gasteiger partial charge in [0.1, 0.15) is 0 Å². The van der Waals surface area contributed by atoms with Gasteiger partial charge in [0.2, 0.25) is 0 Å². The molecule has 0 aliphatic rings. The van der Waals surface area contributed by atoms with Gasteiger partial charge >= 0.3 is 0 Å². The summed E-state index contributed by atoms with van der Waals surface area (Å²) >= 11 is 0. The van der Waals surface area contributed by atoms with E-state index >= 15 is 0 Å². The van der Waals surface area contributed by atoms with Crippen LogP contribution in [0, 0.1) is 0 Å². The first-order chi connectivity index (χ1) is 7.81. The Hall–Kier alpha value is -1.22. The van der Waals surface area contributed by atoms with Gasteiger partial charge in [-0.25, -0.2) is 0 Å². The van der Waals surface area contributed by atoms with Gasteiger partial charge in [0.15, 0.2) is 11.5 Å². The van der Waals surface area contributed by atoms with E-state index in [1.54, 1.807) is 13.2 Å². The van der Waals surface area contributed by atoms with Crippen LogP contribution < -0.4 is 9.47 Å². The monoisotopic (exact) mass is 224 g/mol. The molecule has 0 radical (unpaired) electrons. The fourth-order valence-corrected chi connectivity index (χ4v) is 1.46. The Labute approximate surface area is 97.0 Å². The molecule has 1 N–H and O–H groups in total. The largest absolute Gasteiger partial charge is 0.493 e.